The average Bonchev–Trinajstić information content (AvgIpc) is 3.16. The molecule has 3 aliphatic rings. The second-order valence-corrected chi connectivity index (χ2v) is 7.26. The van der Waals surface area contributed by atoms with E-state index >= 15 is 0 Å². The Morgan fingerprint density at radius 2 is 2.11 bits per heavy atom. The number of hydrogen-bond acceptors (Lipinski definition) is 6. The first-order valence-corrected chi connectivity index (χ1v) is 8.54. The van der Waals surface area contributed by atoms with Crippen molar-refractivity contribution in [3.05, 3.63) is 24.2 Å². The predicted molar refractivity (Wildman–Crippen MR) is 87.7 cm³/mol. The highest BCUT2D eigenvalue weighted by molar-refractivity contribution is 6.00. The Hall–Kier alpha value is -2.82. The number of imide groups is 1. The van der Waals surface area contributed by atoms with Gasteiger partial charge in [0, 0.05) is 38.4 Å². The van der Waals surface area contributed by atoms with Crippen LogP contribution < -0.4 is 15.5 Å². The Bertz CT molecular complexity index is 955. The van der Waals surface area contributed by atoms with E-state index in [1.165, 1.54) is 0 Å². The van der Waals surface area contributed by atoms with Gasteiger partial charge in [-0.3, -0.25) is 10.1 Å². The fourth-order valence-corrected chi connectivity index (χ4v) is 3.95. The van der Waals surface area contributed by atoms with Crippen molar-refractivity contribution in [2.24, 2.45) is 0 Å². The van der Waals surface area contributed by atoms with Gasteiger partial charge in [-0.1, -0.05) is 0 Å². The molecule has 1 spiro atoms. The average molecular weight is 378 g/mol. The standard InChI is InChI=1S/C16H16F2N6O3/c17-16(18)5-15(27-8-16)6-23(7-15)11-3-10(22-24-2-1-19-12(11)24)9-4-20-14(26)21-13(9)25/h1-3,9H,4-8H2,(H2,20,21,25,26). The number of halogens is 2. The third kappa shape index (κ3) is 2.60. The molecule has 9 nitrogen and oxygen atoms in total. The summed E-state index contributed by atoms with van der Waals surface area (Å²) in [6.45, 7) is 0.226. The molecule has 1 unspecified atom stereocenters. The van der Waals surface area contributed by atoms with E-state index < -0.39 is 36.0 Å². The van der Waals surface area contributed by atoms with Crippen LogP contribution in [0.4, 0.5) is 19.3 Å². The molecule has 5 heterocycles. The zero-order valence-corrected chi connectivity index (χ0v) is 14.1. The minimum absolute atomic E-state index is 0.135. The SMILES string of the molecule is O=C1NCC(c2cc(N3CC4(C3)CC(F)(F)CO4)c3nccn3n2)C(=O)N1. The van der Waals surface area contributed by atoms with Crippen LogP contribution in [0.2, 0.25) is 0 Å². The van der Waals surface area contributed by atoms with E-state index in [0.29, 0.717) is 30.1 Å². The summed E-state index contributed by atoms with van der Waals surface area (Å²) in [6, 6.07) is 1.19. The van der Waals surface area contributed by atoms with E-state index in [4.69, 9.17) is 4.74 Å². The number of imidazole rings is 1. The van der Waals surface area contributed by atoms with Crippen LogP contribution in [0.25, 0.3) is 5.65 Å². The van der Waals surface area contributed by atoms with Crippen LogP contribution >= 0.6 is 0 Å². The van der Waals surface area contributed by atoms with E-state index in [1.54, 1.807) is 23.0 Å². The van der Waals surface area contributed by atoms with Gasteiger partial charge in [-0.15, -0.1) is 0 Å². The molecule has 3 amide bonds. The van der Waals surface area contributed by atoms with E-state index in [0.717, 1.165) is 0 Å². The summed E-state index contributed by atoms with van der Waals surface area (Å²) in [5.74, 6) is -3.87. The normalized spacial score (nSPS) is 26.1. The summed E-state index contributed by atoms with van der Waals surface area (Å²) < 4.78 is 34.0. The van der Waals surface area contributed by atoms with Gasteiger partial charge >= 0.3 is 6.03 Å². The molecular weight excluding hydrogens is 362 g/mol. The lowest BCUT2D eigenvalue weighted by Crippen LogP contribution is -2.62. The third-order valence-corrected chi connectivity index (χ3v) is 5.20. The number of carbonyl (C=O) groups excluding carboxylic acids is 2. The van der Waals surface area contributed by atoms with E-state index in [9.17, 15) is 18.4 Å². The van der Waals surface area contributed by atoms with Crippen molar-refractivity contribution in [1.29, 1.82) is 0 Å². The fourth-order valence-electron chi connectivity index (χ4n) is 3.95. The summed E-state index contributed by atoms with van der Waals surface area (Å²) in [6.07, 6.45) is 2.93. The van der Waals surface area contributed by atoms with Crippen LogP contribution in [0.15, 0.2) is 18.5 Å². The molecule has 3 aliphatic heterocycles. The minimum atomic E-state index is -2.80. The molecule has 0 radical (unpaired) electrons. The van der Waals surface area contributed by atoms with Crippen LogP contribution in [0.1, 0.15) is 18.0 Å². The van der Waals surface area contributed by atoms with Gasteiger partial charge in [0.05, 0.1) is 17.3 Å². The first-order chi connectivity index (χ1) is 12.8. The highest BCUT2D eigenvalue weighted by atomic mass is 19.3. The van der Waals surface area contributed by atoms with Crippen molar-refractivity contribution >= 4 is 23.3 Å². The molecule has 1 atom stereocenters. The molecule has 0 saturated carbocycles. The van der Waals surface area contributed by atoms with Gasteiger partial charge in [0.25, 0.3) is 5.92 Å². The topological polar surface area (TPSA) is 101 Å². The van der Waals surface area contributed by atoms with Crippen molar-refractivity contribution in [3.8, 4) is 0 Å². The molecule has 142 valence electrons. The summed E-state index contributed by atoms with van der Waals surface area (Å²) >= 11 is 0. The van der Waals surface area contributed by atoms with Crippen LogP contribution in [-0.4, -0.2) is 64.3 Å². The number of nitrogens with one attached hydrogen (secondary N) is 2. The maximum absolute atomic E-state index is 13.5. The second kappa shape index (κ2) is 5.35. The van der Waals surface area contributed by atoms with Crippen LogP contribution in [0, 0.1) is 0 Å². The highest BCUT2D eigenvalue weighted by Crippen LogP contribution is 2.44. The molecule has 2 aromatic heterocycles. The van der Waals surface area contributed by atoms with Gasteiger partial charge in [-0.2, -0.15) is 5.10 Å². The number of urea groups is 1. The number of fused-ring (bicyclic) bond motifs is 1. The minimum Gasteiger partial charge on any atom is -0.365 e. The van der Waals surface area contributed by atoms with Crippen molar-refractivity contribution in [2.45, 2.75) is 23.9 Å². The lowest BCUT2D eigenvalue weighted by atomic mass is 9.89. The monoisotopic (exact) mass is 378 g/mol. The Morgan fingerprint density at radius 3 is 2.81 bits per heavy atom. The van der Waals surface area contributed by atoms with Gasteiger partial charge in [-0.05, 0) is 6.07 Å². The third-order valence-electron chi connectivity index (χ3n) is 5.20. The van der Waals surface area contributed by atoms with Crippen LogP contribution in [0.3, 0.4) is 0 Å². The fraction of sp³-hybridized carbons (Fsp3) is 0.500. The second-order valence-electron chi connectivity index (χ2n) is 7.26. The number of nitrogens with zero attached hydrogens (tertiary/aromatic N) is 4. The predicted octanol–water partition coefficient (Wildman–Crippen LogP) is 0.267. The quantitative estimate of drug-likeness (QED) is 0.778. The number of carbonyl (C=O) groups is 2. The van der Waals surface area contributed by atoms with Crippen molar-refractivity contribution in [1.82, 2.24) is 25.2 Å². The zero-order chi connectivity index (χ0) is 18.8. The number of alkyl halides is 2. The van der Waals surface area contributed by atoms with E-state index in [1.807, 2.05) is 4.90 Å². The van der Waals surface area contributed by atoms with Crippen LogP contribution in [-0.2, 0) is 9.53 Å². The molecule has 5 rings (SSSR count). The summed E-state index contributed by atoms with van der Waals surface area (Å²) in [7, 11) is 0. The lowest BCUT2D eigenvalue weighted by molar-refractivity contribution is -0.122. The van der Waals surface area contributed by atoms with Gasteiger partial charge in [0.15, 0.2) is 5.65 Å². The van der Waals surface area contributed by atoms with Gasteiger partial charge < -0.3 is 15.0 Å². The molecule has 27 heavy (non-hydrogen) atoms. The van der Waals surface area contributed by atoms with Crippen molar-refractivity contribution in [2.75, 3.05) is 31.1 Å². The summed E-state index contributed by atoms with van der Waals surface area (Å²) in [4.78, 5) is 29.6. The maximum atomic E-state index is 13.5. The van der Waals surface area contributed by atoms with E-state index in [2.05, 4.69) is 20.7 Å². The van der Waals surface area contributed by atoms with E-state index in [-0.39, 0.29) is 13.0 Å². The first kappa shape index (κ1) is 16.4. The largest absolute Gasteiger partial charge is 0.365 e. The van der Waals surface area contributed by atoms with Crippen LogP contribution in [0.5, 0.6) is 0 Å². The van der Waals surface area contributed by atoms with Gasteiger partial charge in [-0.25, -0.2) is 23.1 Å². The number of aromatic nitrogens is 3. The highest BCUT2D eigenvalue weighted by Gasteiger charge is 2.57. The first-order valence-electron chi connectivity index (χ1n) is 8.54. The molecule has 0 aliphatic carbocycles. The smallest absolute Gasteiger partial charge is 0.321 e. The Labute approximate surface area is 151 Å². The number of rotatable bonds is 2. The lowest BCUT2D eigenvalue weighted by Gasteiger charge is -2.48. The number of amides is 3. The number of anilines is 1. The molecule has 0 bridgehead atoms. The summed E-state index contributed by atoms with van der Waals surface area (Å²) in [5, 5.41) is 9.21. The molecular formula is C16H16F2N6O3. The van der Waals surface area contributed by atoms with Crippen molar-refractivity contribution in [3.63, 3.8) is 0 Å². The Balaban J connectivity index is 1.46. The maximum Gasteiger partial charge on any atom is 0.321 e. The number of hydrogen-bond donors (Lipinski definition) is 2. The molecule has 0 aromatic carbocycles. The Morgan fingerprint density at radius 1 is 1.30 bits per heavy atom. The molecule has 3 saturated heterocycles. The molecule has 3 fully saturated rings. The molecule has 2 N–H and O–H groups in total. The van der Waals surface area contributed by atoms with Gasteiger partial charge in [0.1, 0.15) is 12.2 Å². The summed E-state index contributed by atoms with van der Waals surface area (Å²) in [5.41, 5.74) is 0.886. The zero-order valence-electron chi connectivity index (χ0n) is 14.1. The van der Waals surface area contributed by atoms with Gasteiger partial charge in [0.2, 0.25) is 5.91 Å². The molecule has 2 aromatic rings. The molecule has 11 heteroatoms. The number of ether oxygens (including phenoxy) is 1. The van der Waals surface area contributed by atoms with Crippen molar-refractivity contribution < 1.29 is 23.1 Å². The Kier molecular flexibility index (Phi) is 3.24.